The van der Waals surface area contributed by atoms with E-state index in [0.717, 1.165) is 12.2 Å². The summed E-state index contributed by atoms with van der Waals surface area (Å²) in [6, 6.07) is 5.28. The Morgan fingerprint density at radius 2 is 1.88 bits per heavy atom. The van der Waals surface area contributed by atoms with Crippen LogP contribution in [0, 0.1) is 5.82 Å². The van der Waals surface area contributed by atoms with Gasteiger partial charge in [-0.2, -0.15) is 0 Å². The van der Waals surface area contributed by atoms with Gasteiger partial charge in [-0.1, -0.05) is 0 Å². The minimum Gasteiger partial charge on any atom is -0.466 e. The normalized spacial score (nSPS) is 10.1. The Kier molecular flexibility index (Phi) is 4.20. The predicted octanol–water partition coefficient (Wildman–Crippen LogP) is 1.49. The molecule has 1 N–H and O–H groups in total. The molecule has 0 aliphatic heterocycles. The van der Waals surface area contributed by atoms with Gasteiger partial charge in [0.1, 0.15) is 5.82 Å². The zero-order valence-electron chi connectivity index (χ0n) is 8.57. The van der Waals surface area contributed by atoms with Gasteiger partial charge in [0.15, 0.2) is 0 Å². The van der Waals surface area contributed by atoms with E-state index in [1.54, 1.807) is 0 Å². The first-order valence-electron chi connectivity index (χ1n) is 4.44. The predicted molar refractivity (Wildman–Crippen MR) is 56.2 cm³/mol. The van der Waals surface area contributed by atoms with Crippen molar-refractivity contribution in [3.05, 3.63) is 42.2 Å². The van der Waals surface area contributed by atoms with Crippen molar-refractivity contribution in [3.63, 3.8) is 0 Å². The Balaban J connectivity index is 2.55. The lowest BCUT2D eigenvalue weighted by Crippen LogP contribution is -2.08. The summed E-state index contributed by atoms with van der Waals surface area (Å²) < 4.78 is 16.8. The Hall–Kier alpha value is -2.17. The van der Waals surface area contributed by atoms with Crippen molar-refractivity contribution >= 4 is 17.6 Å². The minimum absolute atomic E-state index is 0.386. The lowest BCUT2D eigenvalue weighted by Gasteiger charge is -2.00. The van der Waals surface area contributed by atoms with Crippen LogP contribution in [0.1, 0.15) is 0 Å². The molecule has 16 heavy (non-hydrogen) atoms. The molecular formula is C11H10FNO3. The molecule has 0 aromatic heterocycles. The van der Waals surface area contributed by atoms with Crippen molar-refractivity contribution in [2.75, 3.05) is 12.4 Å². The molecule has 0 atom stereocenters. The fourth-order valence-electron chi connectivity index (χ4n) is 0.929. The Labute approximate surface area is 91.7 Å². The summed E-state index contributed by atoms with van der Waals surface area (Å²) in [5.41, 5.74) is 0.445. The highest BCUT2D eigenvalue weighted by molar-refractivity contribution is 6.02. The molecule has 5 heteroatoms. The summed E-state index contributed by atoms with van der Waals surface area (Å²) in [5.74, 6) is -1.49. The van der Waals surface area contributed by atoms with Gasteiger partial charge in [0.2, 0.25) is 5.91 Å². The summed E-state index contributed by atoms with van der Waals surface area (Å²) in [7, 11) is 1.21. The van der Waals surface area contributed by atoms with Gasteiger partial charge >= 0.3 is 5.97 Å². The molecule has 0 bridgehead atoms. The lowest BCUT2D eigenvalue weighted by molar-refractivity contribution is -0.135. The summed E-state index contributed by atoms with van der Waals surface area (Å²) in [5, 5.41) is 2.45. The van der Waals surface area contributed by atoms with Gasteiger partial charge in [0.25, 0.3) is 0 Å². The first-order valence-corrected chi connectivity index (χ1v) is 4.44. The summed E-state index contributed by atoms with van der Waals surface area (Å²) >= 11 is 0. The van der Waals surface area contributed by atoms with E-state index in [-0.39, 0.29) is 5.82 Å². The number of nitrogens with one attached hydrogen (secondary N) is 1. The Morgan fingerprint density at radius 1 is 1.25 bits per heavy atom. The van der Waals surface area contributed by atoms with Gasteiger partial charge in [0.05, 0.1) is 7.11 Å². The number of hydrogen-bond acceptors (Lipinski definition) is 3. The summed E-state index contributed by atoms with van der Waals surface area (Å²) in [6.07, 6.45) is 2.04. The van der Waals surface area contributed by atoms with E-state index in [1.807, 2.05) is 0 Å². The largest absolute Gasteiger partial charge is 0.466 e. The first kappa shape index (κ1) is 11.9. The molecule has 0 saturated carbocycles. The number of carbonyl (C=O) groups is 2. The van der Waals surface area contributed by atoms with Crippen LogP contribution < -0.4 is 5.32 Å². The van der Waals surface area contributed by atoms with Crippen LogP contribution >= 0.6 is 0 Å². The highest BCUT2D eigenvalue weighted by Crippen LogP contribution is 2.07. The van der Waals surface area contributed by atoms with Crippen LogP contribution in [-0.2, 0) is 14.3 Å². The third kappa shape index (κ3) is 3.91. The van der Waals surface area contributed by atoms with Crippen molar-refractivity contribution in [2.24, 2.45) is 0 Å². The standard InChI is InChI=1S/C11H10FNO3/c1-16-11(15)7-6-10(14)13-9-4-2-8(12)3-5-9/h2-7H,1H3,(H,13,14)/b7-6+. The first-order chi connectivity index (χ1) is 7.61. The third-order valence-corrected chi connectivity index (χ3v) is 1.68. The second kappa shape index (κ2) is 5.65. The van der Waals surface area contributed by atoms with E-state index in [4.69, 9.17) is 0 Å². The molecule has 0 saturated heterocycles. The maximum atomic E-state index is 12.5. The number of ether oxygens (including phenoxy) is 1. The maximum absolute atomic E-state index is 12.5. The molecule has 0 unspecified atom stereocenters. The van der Waals surface area contributed by atoms with Crippen LogP contribution in [0.3, 0.4) is 0 Å². The molecule has 1 rings (SSSR count). The van der Waals surface area contributed by atoms with Gasteiger partial charge in [-0.25, -0.2) is 9.18 Å². The SMILES string of the molecule is COC(=O)/C=C/C(=O)Nc1ccc(F)cc1. The molecule has 1 aromatic rings. The van der Waals surface area contributed by atoms with E-state index in [1.165, 1.54) is 31.4 Å². The molecule has 0 spiro atoms. The van der Waals surface area contributed by atoms with E-state index < -0.39 is 11.9 Å². The lowest BCUT2D eigenvalue weighted by atomic mass is 10.3. The average Bonchev–Trinajstić information content (AvgIpc) is 2.29. The molecule has 1 aromatic carbocycles. The number of amides is 1. The number of halogens is 1. The van der Waals surface area contributed by atoms with E-state index >= 15 is 0 Å². The number of methoxy groups -OCH3 is 1. The van der Waals surface area contributed by atoms with E-state index in [9.17, 15) is 14.0 Å². The molecule has 1 amide bonds. The second-order valence-electron chi connectivity index (χ2n) is 2.85. The fraction of sp³-hybridized carbons (Fsp3) is 0.0909. The van der Waals surface area contributed by atoms with Crippen molar-refractivity contribution in [1.82, 2.24) is 0 Å². The zero-order chi connectivity index (χ0) is 12.0. The Morgan fingerprint density at radius 3 is 2.44 bits per heavy atom. The van der Waals surface area contributed by atoms with Crippen LogP contribution in [-0.4, -0.2) is 19.0 Å². The van der Waals surface area contributed by atoms with Crippen LogP contribution in [0.5, 0.6) is 0 Å². The van der Waals surface area contributed by atoms with Crippen molar-refractivity contribution in [3.8, 4) is 0 Å². The molecule has 0 radical (unpaired) electrons. The summed E-state index contributed by atoms with van der Waals surface area (Å²) in [6.45, 7) is 0. The highest BCUT2D eigenvalue weighted by atomic mass is 19.1. The van der Waals surface area contributed by atoms with Crippen LogP contribution in [0.2, 0.25) is 0 Å². The molecule has 0 heterocycles. The van der Waals surface area contributed by atoms with Gasteiger partial charge < -0.3 is 10.1 Å². The van der Waals surface area contributed by atoms with Crippen LogP contribution in [0.4, 0.5) is 10.1 Å². The summed E-state index contributed by atoms with van der Waals surface area (Å²) in [4.78, 5) is 21.9. The quantitative estimate of drug-likeness (QED) is 0.624. The molecular weight excluding hydrogens is 213 g/mol. The number of esters is 1. The highest BCUT2D eigenvalue weighted by Gasteiger charge is 1.99. The van der Waals surface area contributed by atoms with Gasteiger partial charge in [-0.15, -0.1) is 0 Å². The number of anilines is 1. The van der Waals surface area contributed by atoms with E-state index in [0.29, 0.717) is 5.69 Å². The Bertz CT molecular complexity index is 412. The van der Waals surface area contributed by atoms with Crippen molar-refractivity contribution < 1.29 is 18.7 Å². The smallest absolute Gasteiger partial charge is 0.330 e. The van der Waals surface area contributed by atoms with Gasteiger partial charge in [-0.3, -0.25) is 4.79 Å². The zero-order valence-corrected chi connectivity index (χ0v) is 8.57. The number of benzene rings is 1. The van der Waals surface area contributed by atoms with Gasteiger partial charge in [-0.05, 0) is 24.3 Å². The maximum Gasteiger partial charge on any atom is 0.330 e. The average molecular weight is 223 g/mol. The van der Waals surface area contributed by atoms with E-state index in [2.05, 4.69) is 10.1 Å². The topological polar surface area (TPSA) is 55.4 Å². The molecule has 4 nitrogen and oxygen atoms in total. The number of rotatable bonds is 3. The number of hydrogen-bond donors (Lipinski definition) is 1. The van der Waals surface area contributed by atoms with Crippen LogP contribution in [0.25, 0.3) is 0 Å². The third-order valence-electron chi connectivity index (χ3n) is 1.68. The second-order valence-corrected chi connectivity index (χ2v) is 2.85. The molecule has 84 valence electrons. The molecule has 0 fully saturated rings. The molecule has 0 aliphatic rings. The van der Waals surface area contributed by atoms with Crippen LogP contribution in [0.15, 0.2) is 36.4 Å². The fourth-order valence-corrected chi connectivity index (χ4v) is 0.929. The van der Waals surface area contributed by atoms with Crippen molar-refractivity contribution in [1.29, 1.82) is 0 Å². The number of carbonyl (C=O) groups excluding carboxylic acids is 2. The monoisotopic (exact) mass is 223 g/mol. The van der Waals surface area contributed by atoms with Gasteiger partial charge in [0, 0.05) is 17.8 Å². The van der Waals surface area contributed by atoms with Crippen molar-refractivity contribution in [2.45, 2.75) is 0 Å². The molecule has 0 aliphatic carbocycles. The minimum atomic E-state index is -0.616.